The van der Waals surface area contributed by atoms with E-state index >= 15 is 4.39 Å². The predicted molar refractivity (Wildman–Crippen MR) is 164 cm³/mol. The van der Waals surface area contributed by atoms with Gasteiger partial charge in [0.25, 0.3) is 5.92 Å². The van der Waals surface area contributed by atoms with Crippen molar-refractivity contribution in [3.05, 3.63) is 64.4 Å². The number of nitrogen functional groups attached to an aromatic ring is 1. The molecule has 7 rings (SSSR count). The van der Waals surface area contributed by atoms with Crippen LogP contribution in [0.25, 0.3) is 32.2 Å². The van der Waals surface area contributed by atoms with E-state index < -0.39 is 24.8 Å². The zero-order valence-corrected chi connectivity index (χ0v) is 24.7. The van der Waals surface area contributed by atoms with Crippen LogP contribution in [0.2, 0.25) is 5.02 Å². The standard InChI is InChI=1S/C30H27ClF3N7OS/c1-40-10-8-17-16(13-40)4-2-6-21(17)42-29-38-26-19(27(39-29)41-11-9-36-14-30(33,34)15-41)12-20(31)23(24(26)32)18-5-3-7-22-25(18)37-28(35)43-22/h2-7,12,36H,8-11,13-15H2,1H3,(H2,35,37). The molecule has 13 heteroatoms. The summed E-state index contributed by atoms with van der Waals surface area (Å²) in [7, 11) is 2.05. The molecule has 0 atom stereocenters. The topological polar surface area (TPSA) is 92.4 Å². The number of nitrogens with one attached hydrogen (secondary N) is 1. The molecular weight excluding hydrogens is 599 g/mol. The first-order chi connectivity index (χ1) is 20.7. The van der Waals surface area contributed by atoms with Crippen LogP contribution in [0, 0.1) is 5.82 Å². The average molecular weight is 626 g/mol. The number of fused-ring (bicyclic) bond motifs is 3. The number of aromatic nitrogens is 3. The van der Waals surface area contributed by atoms with Gasteiger partial charge in [-0.1, -0.05) is 47.2 Å². The van der Waals surface area contributed by atoms with Gasteiger partial charge in [-0.3, -0.25) is 0 Å². The summed E-state index contributed by atoms with van der Waals surface area (Å²) < 4.78 is 53.2. The van der Waals surface area contributed by atoms with E-state index in [4.69, 9.17) is 22.1 Å². The van der Waals surface area contributed by atoms with E-state index in [1.807, 2.05) is 31.3 Å². The number of nitrogens with zero attached hydrogens (tertiary/aromatic N) is 5. The minimum Gasteiger partial charge on any atom is -0.424 e. The number of para-hydroxylation sites is 1. The van der Waals surface area contributed by atoms with E-state index in [0.717, 1.165) is 35.3 Å². The maximum absolute atomic E-state index is 16.7. The molecule has 0 saturated carbocycles. The number of nitrogens with two attached hydrogens (primary N) is 1. The van der Waals surface area contributed by atoms with Crippen LogP contribution in [-0.2, 0) is 13.0 Å². The Morgan fingerprint density at radius 3 is 2.79 bits per heavy atom. The van der Waals surface area contributed by atoms with Crippen LogP contribution in [0.5, 0.6) is 11.8 Å². The number of alkyl halides is 2. The second-order valence-electron chi connectivity index (χ2n) is 10.9. The van der Waals surface area contributed by atoms with Crippen LogP contribution in [-0.4, -0.2) is 65.5 Å². The zero-order chi connectivity index (χ0) is 29.9. The first-order valence-electron chi connectivity index (χ1n) is 13.8. The van der Waals surface area contributed by atoms with Crippen molar-refractivity contribution in [3.63, 3.8) is 0 Å². The lowest BCUT2D eigenvalue weighted by atomic mass is 9.99. The molecule has 8 nitrogen and oxygen atoms in total. The lowest BCUT2D eigenvalue weighted by Crippen LogP contribution is -2.39. The van der Waals surface area contributed by atoms with Gasteiger partial charge in [0.05, 0.1) is 28.3 Å². The number of benzene rings is 3. The smallest absolute Gasteiger partial charge is 0.324 e. The Bertz CT molecular complexity index is 1880. The molecule has 2 aromatic heterocycles. The lowest BCUT2D eigenvalue weighted by molar-refractivity contribution is 0.0156. The number of hydrogen-bond donors (Lipinski definition) is 2. The van der Waals surface area contributed by atoms with Crippen LogP contribution in [0.4, 0.5) is 24.1 Å². The van der Waals surface area contributed by atoms with E-state index in [9.17, 15) is 8.78 Å². The van der Waals surface area contributed by atoms with Crippen LogP contribution < -0.4 is 20.7 Å². The van der Waals surface area contributed by atoms with E-state index in [0.29, 0.717) is 28.5 Å². The molecule has 4 heterocycles. The van der Waals surface area contributed by atoms with Gasteiger partial charge in [-0.2, -0.15) is 9.97 Å². The minimum absolute atomic E-state index is 0.0727. The van der Waals surface area contributed by atoms with E-state index in [2.05, 4.69) is 25.2 Å². The first kappa shape index (κ1) is 28.1. The fourth-order valence-electron chi connectivity index (χ4n) is 5.85. The van der Waals surface area contributed by atoms with E-state index in [1.54, 1.807) is 12.1 Å². The molecule has 0 radical (unpaired) electrons. The summed E-state index contributed by atoms with van der Waals surface area (Å²) in [6.45, 7) is 1.02. The summed E-state index contributed by atoms with van der Waals surface area (Å²) in [5, 5.41) is 3.38. The van der Waals surface area contributed by atoms with Crippen molar-refractivity contribution in [1.82, 2.24) is 25.2 Å². The SMILES string of the molecule is CN1CCc2c(cccc2Oc2nc(N3CCNCC(F)(F)C3)c3cc(Cl)c(-c4cccc5sc(N)nc45)c(F)c3n2)C1. The van der Waals surface area contributed by atoms with Gasteiger partial charge in [-0.25, -0.2) is 18.2 Å². The van der Waals surface area contributed by atoms with Gasteiger partial charge in [0.1, 0.15) is 17.1 Å². The molecule has 2 aliphatic heterocycles. The van der Waals surface area contributed by atoms with E-state index in [-0.39, 0.29) is 39.9 Å². The molecule has 1 saturated heterocycles. The van der Waals surface area contributed by atoms with Crippen molar-refractivity contribution >= 4 is 55.0 Å². The number of hydrogen-bond acceptors (Lipinski definition) is 9. The third kappa shape index (κ3) is 5.22. The molecule has 3 aromatic carbocycles. The average Bonchev–Trinajstić information content (AvgIpc) is 3.25. The predicted octanol–water partition coefficient (Wildman–Crippen LogP) is 6.11. The van der Waals surface area contributed by atoms with Gasteiger partial charge < -0.3 is 25.6 Å². The summed E-state index contributed by atoms with van der Waals surface area (Å²) in [4.78, 5) is 17.2. The molecule has 0 spiro atoms. The Morgan fingerprint density at radius 1 is 1.09 bits per heavy atom. The van der Waals surface area contributed by atoms with Crippen LogP contribution in [0.3, 0.4) is 0 Å². The maximum Gasteiger partial charge on any atom is 0.324 e. The minimum atomic E-state index is -3.04. The molecule has 222 valence electrons. The molecule has 2 aliphatic rings. The van der Waals surface area contributed by atoms with Crippen LogP contribution in [0.1, 0.15) is 11.1 Å². The second-order valence-corrected chi connectivity index (χ2v) is 12.4. The second kappa shape index (κ2) is 10.8. The fraction of sp³-hybridized carbons (Fsp3) is 0.300. The highest BCUT2D eigenvalue weighted by atomic mass is 35.5. The molecule has 0 aliphatic carbocycles. The molecule has 0 amide bonds. The number of anilines is 2. The highest BCUT2D eigenvalue weighted by molar-refractivity contribution is 7.22. The first-order valence-corrected chi connectivity index (χ1v) is 15.0. The number of halogens is 4. The number of likely N-dealkylation sites (N-methyl/N-ethyl adjacent to an activating group) is 1. The molecule has 3 N–H and O–H groups in total. The summed E-state index contributed by atoms with van der Waals surface area (Å²) in [5.74, 6) is -3.10. The molecule has 43 heavy (non-hydrogen) atoms. The number of ether oxygens (including phenoxy) is 1. The number of thiazole rings is 1. The third-order valence-electron chi connectivity index (χ3n) is 7.83. The zero-order valence-electron chi connectivity index (χ0n) is 23.1. The fourth-order valence-corrected chi connectivity index (χ4v) is 6.91. The van der Waals surface area contributed by atoms with Crippen LogP contribution in [0.15, 0.2) is 42.5 Å². The highest BCUT2D eigenvalue weighted by Crippen LogP contribution is 2.43. The van der Waals surface area contributed by atoms with Crippen molar-refractivity contribution in [2.24, 2.45) is 0 Å². The molecule has 1 fully saturated rings. The third-order valence-corrected chi connectivity index (χ3v) is 8.97. The van der Waals surface area contributed by atoms with Gasteiger partial charge in [0.15, 0.2) is 10.9 Å². The summed E-state index contributed by atoms with van der Waals surface area (Å²) in [5.41, 5.74) is 9.04. The van der Waals surface area contributed by atoms with Gasteiger partial charge >= 0.3 is 6.01 Å². The largest absolute Gasteiger partial charge is 0.424 e. The normalized spacial score (nSPS) is 17.3. The molecule has 0 bridgehead atoms. The number of rotatable bonds is 4. The van der Waals surface area contributed by atoms with Crippen molar-refractivity contribution < 1.29 is 17.9 Å². The Hall–Kier alpha value is -3.71. The Balaban J connectivity index is 1.43. The Labute approximate surface area is 254 Å². The summed E-state index contributed by atoms with van der Waals surface area (Å²) >= 11 is 8.03. The Kier molecular flexibility index (Phi) is 7.04. The Morgan fingerprint density at radius 2 is 1.93 bits per heavy atom. The monoisotopic (exact) mass is 625 g/mol. The maximum atomic E-state index is 16.7. The van der Waals surface area contributed by atoms with Gasteiger partial charge in [-0.05, 0) is 37.2 Å². The summed E-state index contributed by atoms with van der Waals surface area (Å²) in [6.07, 6.45) is 0.751. The quantitative estimate of drug-likeness (QED) is 0.247. The van der Waals surface area contributed by atoms with E-state index in [1.165, 1.54) is 22.3 Å². The van der Waals surface area contributed by atoms with Gasteiger partial charge in [0.2, 0.25) is 0 Å². The van der Waals surface area contributed by atoms with Gasteiger partial charge in [0, 0.05) is 48.3 Å². The lowest BCUT2D eigenvalue weighted by Gasteiger charge is -2.27. The van der Waals surface area contributed by atoms with Crippen molar-refractivity contribution in [1.29, 1.82) is 0 Å². The van der Waals surface area contributed by atoms with Crippen molar-refractivity contribution in [2.75, 3.05) is 50.4 Å². The van der Waals surface area contributed by atoms with Crippen molar-refractivity contribution in [2.45, 2.75) is 18.9 Å². The summed E-state index contributed by atoms with van der Waals surface area (Å²) in [6, 6.07) is 12.5. The van der Waals surface area contributed by atoms with Crippen molar-refractivity contribution in [3.8, 4) is 22.9 Å². The highest BCUT2D eigenvalue weighted by Gasteiger charge is 2.35. The molecule has 0 unspecified atom stereocenters. The van der Waals surface area contributed by atoms with Crippen LogP contribution >= 0.6 is 22.9 Å². The molecule has 5 aromatic rings. The molecular formula is C30H27ClF3N7OS. The van der Waals surface area contributed by atoms with Gasteiger partial charge in [-0.15, -0.1) is 0 Å².